The predicted molar refractivity (Wildman–Crippen MR) is 70.2 cm³/mol. The van der Waals surface area contributed by atoms with Gasteiger partial charge in [0.1, 0.15) is 0 Å². The number of likely N-dealkylation sites (tertiary alicyclic amines) is 1. The second kappa shape index (κ2) is 4.30. The molecule has 1 aromatic rings. The van der Waals surface area contributed by atoms with E-state index in [1.165, 1.54) is 37.1 Å². The maximum absolute atomic E-state index is 4.24. The smallest absolute Gasteiger partial charge is 0.0531 e. The molecule has 92 valence electrons. The Balaban J connectivity index is 1.63. The molecule has 2 atom stereocenters. The van der Waals surface area contributed by atoms with Crippen LogP contribution in [0.2, 0.25) is 0 Å². The Morgan fingerprint density at radius 1 is 1.35 bits per heavy atom. The second-order valence-corrected chi connectivity index (χ2v) is 5.60. The Kier molecular flexibility index (Phi) is 2.79. The molecule has 2 fully saturated rings. The third-order valence-electron chi connectivity index (χ3n) is 3.88. The summed E-state index contributed by atoms with van der Waals surface area (Å²) in [6, 6.07) is 4.39. The van der Waals surface area contributed by atoms with Crippen LogP contribution in [0.3, 0.4) is 0 Å². The molecule has 1 saturated carbocycles. The Morgan fingerprint density at radius 2 is 2.18 bits per heavy atom. The first-order valence-electron chi connectivity index (χ1n) is 6.66. The third-order valence-corrected chi connectivity index (χ3v) is 3.88. The third kappa shape index (κ3) is 2.44. The molecular weight excluding hydrogens is 210 g/mol. The highest BCUT2D eigenvalue weighted by atomic mass is 15.3. The molecule has 3 rings (SSSR count). The van der Waals surface area contributed by atoms with Crippen molar-refractivity contribution in [3.05, 3.63) is 24.0 Å². The Bertz CT molecular complexity index is 400. The van der Waals surface area contributed by atoms with E-state index in [2.05, 4.69) is 35.1 Å². The summed E-state index contributed by atoms with van der Waals surface area (Å²) in [5.74, 6) is 0. The predicted octanol–water partition coefficient (Wildman–Crippen LogP) is 2.43. The van der Waals surface area contributed by atoms with E-state index in [4.69, 9.17) is 0 Å². The van der Waals surface area contributed by atoms with E-state index in [1.807, 2.05) is 12.4 Å². The quantitative estimate of drug-likeness (QED) is 0.866. The van der Waals surface area contributed by atoms with Crippen LogP contribution in [0.25, 0.3) is 0 Å². The average molecular weight is 231 g/mol. The number of nitrogens with zero attached hydrogens (tertiary/aromatic N) is 2. The van der Waals surface area contributed by atoms with Crippen LogP contribution in [-0.2, 0) is 0 Å². The molecule has 1 aliphatic heterocycles. The number of anilines is 1. The van der Waals surface area contributed by atoms with Crippen molar-refractivity contribution in [1.82, 2.24) is 9.88 Å². The molecule has 17 heavy (non-hydrogen) atoms. The number of nitrogens with one attached hydrogen (secondary N) is 1. The summed E-state index contributed by atoms with van der Waals surface area (Å²) in [5, 5.41) is 3.62. The maximum Gasteiger partial charge on any atom is 0.0531 e. The summed E-state index contributed by atoms with van der Waals surface area (Å²) in [6.45, 7) is 5.64. The number of hydrogen-bond donors (Lipinski definition) is 1. The SMILES string of the molecule is Cc1cncc(NC2CC(C)N(C3CC3)C2)c1. The van der Waals surface area contributed by atoms with Gasteiger partial charge in [-0.05, 0) is 44.7 Å². The van der Waals surface area contributed by atoms with E-state index in [0.29, 0.717) is 6.04 Å². The van der Waals surface area contributed by atoms with Crippen LogP contribution in [0.5, 0.6) is 0 Å². The summed E-state index contributed by atoms with van der Waals surface area (Å²) >= 11 is 0. The second-order valence-electron chi connectivity index (χ2n) is 5.60. The van der Waals surface area contributed by atoms with Crippen LogP contribution < -0.4 is 5.32 Å². The van der Waals surface area contributed by atoms with Crippen molar-refractivity contribution in [2.24, 2.45) is 0 Å². The van der Waals surface area contributed by atoms with Crippen molar-refractivity contribution in [3.8, 4) is 0 Å². The normalized spacial score (nSPS) is 29.5. The zero-order valence-electron chi connectivity index (χ0n) is 10.7. The number of pyridine rings is 1. The minimum atomic E-state index is 0.592. The Morgan fingerprint density at radius 3 is 2.88 bits per heavy atom. The molecule has 0 spiro atoms. The van der Waals surface area contributed by atoms with Gasteiger partial charge in [-0.1, -0.05) is 0 Å². The Labute approximate surface area is 103 Å². The van der Waals surface area contributed by atoms with E-state index >= 15 is 0 Å². The van der Waals surface area contributed by atoms with Crippen molar-refractivity contribution in [3.63, 3.8) is 0 Å². The molecule has 0 aromatic carbocycles. The van der Waals surface area contributed by atoms with E-state index < -0.39 is 0 Å². The fraction of sp³-hybridized carbons (Fsp3) is 0.643. The van der Waals surface area contributed by atoms with Crippen LogP contribution in [0.1, 0.15) is 31.7 Å². The average Bonchev–Trinajstić information content (AvgIpc) is 3.04. The molecule has 1 N–H and O–H groups in total. The van der Waals surface area contributed by atoms with Gasteiger partial charge in [-0.25, -0.2) is 0 Å². The molecule has 0 radical (unpaired) electrons. The van der Waals surface area contributed by atoms with Gasteiger partial charge in [0.15, 0.2) is 0 Å². The van der Waals surface area contributed by atoms with Gasteiger partial charge in [0.25, 0.3) is 0 Å². The van der Waals surface area contributed by atoms with Crippen molar-refractivity contribution in [2.45, 2.75) is 51.2 Å². The summed E-state index contributed by atoms with van der Waals surface area (Å²) in [6.07, 6.45) is 7.90. The van der Waals surface area contributed by atoms with Crippen molar-refractivity contribution in [1.29, 1.82) is 0 Å². The molecule has 1 saturated heterocycles. The zero-order chi connectivity index (χ0) is 11.8. The van der Waals surface area contributed by atoms with Crippen LogP contribution >= 0.6 is 0 Å². The fourth-order valence-corrected chi connectivity index (χ4v) is 2.95. The minimum Gasteiger partial charge on any atom is -0.380 e. The highest BCUT2D eigenvalue weighted by Crippen LogP contribution is 2.34. The van der Waals surface area contributed by atoms with Gasteiger partial charge >= 0.3 is 0 Å². The summed E-state index contributed by atoms with van der Waals surface area (Å²) in [7, 11) is 0. The molecule has 1 aliphatic carbocycles. The molecule has 0 bridgehead atoms. The molecular formula is C14H21N3. The fourth-order valence-electron chi connectivity index (χ4n) is 2.95. The maximum atomic E-state index is 4.24. The lowest BCUT2D eigenvalue weighted by Crippen LogP contribution is -2.31. The standard InChI is InChI=1S/C14H21N3/c1-10-5-12(8-15-7-10)16-13-6-11(2)17(9-13)14-3-4-14/h5,7-8,11,13-14,16H,3-4,6,9H2,1-2H3. The number of hydrogen-bond acceptors (Lipinski definition) is 3. The molecule has 2 aliphatic rings. The molecule has 3 nitrogen and oxygen atoms in total. The van der Waals surface area contributed by atoms with Crippen LogP contribution in [-0.4, -0.2) is 34.6 Å². The van der Waals surface area contributed by atoms with Crippen LogP contribution in [0.15, 0.2) is 18.5 Å². The highest BCUT2D eigenvalue weighted by molar-refractivity contribution is 5.43. The van der Waals surface area contributed by atoms with Crippen LogP contribution in [0, 0.1) is 6.92 Å². The van der Waals surface area contributed by atoms with E-state index in [0.717, 1.165) is 12.1 Å². The summed E-state index contributed by atoms with van der Waals surface area (Å²) < 4.78 is 0. The number of rotatable bonds is 3. The van der Waals surface area contributed by atoms with Crippen molar-refractivity contribution >= 4 is 5.69 Å². The first kappa shape index (κ1) is 11.0. The lowest BCUT2D eigenvalue weighted by Gasteiger charge is -2.19. The van der Waals surface area contributed by atoms with Crippen molar-refractivity contribution in [2.75, 3.05) is 11.9 Å². The summed E-state index contributed by atoms with van der Waals surface area (Å²) in [5.41, 5.74) is 2.39. The monoisotopic (exact) mass is 231 g/mol. The lowest BCUT2D eigenvalue weighted by molar-refractivity contribution is 0.257. The molecule has 2 heterocycles. The first-order chi connectivity index (χ1) is 8.22. The first-order valence-corrected chi connectivity index (χ1v) is 6.66. The van der Waals surface area contributed by atoms with Crippen LogP contribution in [0.4, 0.5) is 5.69 Å². The summed E-state index contributed by atoms with van der Waals surface area (Å²) in [4.78, 5) is 6.90. The van der Waals surface area contributed by atoms with Gasteiger partial charge < -0.3 is 5.32 Å². The highest BCUT2D eigenvalue weighted by Gasteiger charge is 2.38. The molecule has 2 unspecified atom stereocenters. The van der Waals surface area contributed by atoms with E-state index in [9.17, 15) is 0 Å². The Hall–Kier alpha value is -1.09. The van der Waals surface area contributed by atoms with Gasteiger partial charge in [0, 0.05) is 37.1 Å². The minimum absolute atomic E-state index is 0.592. The van der Waals surface area contributed by atoms with Gasteiger partial charge in [-0.2, -0.15) is 0 Å². The molecule has 0 amide bonds. The molecule has 1 aromatic heterocycles. The van der Waals surface area contributed by atoms with E-state index in [-0.39, 0.29) is 0 Å². The van der Waals surface area contributed by atoms with Crippen molar-refractivity contribution < 1.29 is 0 Å². The van der Waals surface area contributed by atoms with Gasteiger partial charge in [0.2, 0.25) is 0 Å². The van der Waals surface area contributed by atoms with E-state index in [1.54, 1.807) is 0 Å². The largest absolute Gasteiger partial charge is 0.380 e. The van der Waals surface area contributed by atoms with Gasteiger partial charge in [-0.3, -0.25) is 9.88 Å². The number of aryl methyl sites for hydroxylation is 1. The van der Waals surface area contributed by atoms with Gasteiger partial charge in [0.05, 0.1) is 5.69 Å². The zero-order valence-corrected chi connectivity index (χ0v) is 10.7. The lowest BCUT2D eigenvalue weighted by atomic mass is 10.2. The molecule has 3 heteroatoms. The number of aromatic nitrogens is 1. The van der Waals surface area contributed by atoms with Gasteiger partial charge in [-0.15, -0.1) is 0 Å². The topological polar surface area (TPSA) is 28.2 Å².